The third-order valence-corrected chi connectivity index (χ3v) is 17.1. The summed E-state index contributed by atoms with van der Waals surface area (Å²) >= 11 is 0. The minimum atomic E-state index is -0.873. The normalized spacial score (nSPS) is 13.8. The SMILES string of the molecule is CCCCCCCCCCCCCCCCCCCCCCn1c2ccc3cc2c2cc(ccc21)C=C(C#N)C(=O)OCc1ccccc1COC(=O)C(C#N)=Cc1ccc2[nH]c4ccc(cc4c2c1)C=C(C#N)C(=O)OCc1ccccc1COC(=O)C(C#N)=C3. The summed E-state index contributed by atoms with van der Waals surface area (Å²) in [6, 6.07) is 44.0. The van der Waals surface area contributed by atoms with Crippen LogP contribution in [0.5, 0.6) is 0 Å². The van der Waals surface area contributed by atoms with E-state index >= 15 is 0 Å². The second kappa shape index (κ2) is 34.1. The van der Waals surface area contributed by atoms with Crippen molar-refractivity contribution < 1.29 is 38.1 Å². The Morgan fingerprint density at radius 1 is 0.359 bits per heavy atom. The van der Waals surface area contributed by atoms with Gasteiger partial charge in [-0.3, -0.25) is 0 Å². The van der Waals surface area contributed by atoms with Gasteiger partial charge in [0.05, 0.1) is 0 Å². The van der Waals surface area contributed by atoms with Crippen LogP contribution in [-0.4, -0.2) is 33.4 Å². The Bertz CT molecular complexity index is 4030. The van der Waals surface area contributed by atoms with Crippen molar-refractivity contribution in [1.29, 1.82) is 21.0 Å². The van der Waals surface area contributed by atoms with Crippen LogP contribution in [0.3, 0.4) is 0 Å². The Hall–Kier alpha value is -10.3. The Labute approximate surface area is 538 Å². The van der Waals surface area contributed by atoms with E-state index in [4.69, 9.17) is 18.9 Å². The molecule has 6 aromatic carbocycles. The molecule has 1 aliphatic heterocycles. The molecule has 92 heavy (non-hydrogen) atoms. The van der Waals surface area contributed by atoms with Crippen molar-refractivity contribution in [2.24, 2.45) is 0 Å². The van der Waals surface area contributed by atoms with Crippen molar-refractivity contribution in [2.75, 3.05) is 0 Å². The molecule has 0 atom stereocenters. The number of carbonyl (C=O) groups is 4. The fourth-order valence-corrected chi connectivity index (χ4v) is 12.0. The summed E-state index contributed by atoms with van der Waals surface area (Å²) in [5.74, 6) is -3.47. The summed E-state index contributed by atoms with van der Waals surface area (Å²) in [4.78, 5) is 57.8. The molecule has 0 spiro atoms. The number of aryl methyl sites for hydroxylation is 1. The van der Waals surface area contributed by atoms with E-state index in [1.165, 1.54) is 133 Å². The number of carbonyl (C=O) groups excluding carboxylic acids is 4. The number of cyclic esters (lactones) is 4. The third kappa shape index (κ3) is 18.0. The van der Waals surface area contributed by atoms with Gasteiger partial charge in [0, 0.05) is 50.2 Å². The molecule has 0 saturated heterocycles. The lowest BCUT2D eigenvalue weighted by molar-refractivity contribution is -0.141. The van der Waals surface area contributed by atoms with Crippen LogP contribution in [0.25, 0.3) is 67.9 Å². The number of fused-ring (bicyclic) bond motifs is 6. The number of nitrogens with one attached hydrogen (secondary N) is 1. The number of hydrogen-bond acceptors (Lipinski definition) is 12. The molecule has 9 rings (SSSR count). The molecule has 0 unspecified atom stereocenters. The van der Waals surface area contributed by atoms with Gasteiger partial charge in [-0.05, 0) is 124 Å². The lowest BCUT2D eigenvalue weighted by Crippen LogP contribution is -2.10. The number of rotatable bonds is 21. The third-order valence-electron chi connectivity index (χ3n) is 17.1. The molecule has 0 fully saturated rings. The highest BCUT2D eigenvalue weighted by Crippen LogP contribution is 2.34. The molecule has 8 aromatic rings. The molecule has 2 aromatic heterocycles. The summed E-state index contributed by atoms with van der Waals surface area (Å²) in [6.07, 6.45) is 31.8. The number of benzene rings is 6. The predicted octanol–water partition coefficient (Wildman–Crippen LogP) is 18.2. The molecule has 14 nitrogen and oxygen atoms in total. The summed E-state index contributed by atoms with van der Waals surface area (Å²) < 4.78 is 25.0. The molecule has 0 saturated carbocycles. The Morgan fingerprint density at radius 3 is 0.924 bits per heavy atom. The molecule has 0 aliphatic carbocycles. The van der Waals surface area contributed by atoms with E-state index in [1.54, 1.807) is 72.8 Å². The van der Waals surface area contributed by atoms with E-state index in [1.807, 2.05) is 72.8 Å². The highest BCUT2D eigenvalue weighted by Gasteiger charge is 2.20. The number of ether oxygens (including phenoxy) is 4. The largest absolute Gasteiger partial charge is 0.457 e. The lowest BCUT2D eigenvalue weighted by Gasteiger charge is -2.11. The first-order chi connectivity index (χ1) is 45.1. The summed E-state index contributed by atoms with van der Waals surface area (Å²) in [5.41, 5.74) is 6.64. The number of nitrogens with zero attached hydrogens (tertiary/aromatic N) is 5. The monoisotopic (exact) mass is 1230 g/mol. The van der Waals surface area contributed by atoms with Crippen LogP contribution in [0.1, 0.15) is 180 Å². The molecule has 1 N–H and O–H groups in total. The maximum atomic E-state index is 13.7. The van der Waals surface area contributed by atoms with Crippen molar-refractivity contribution in [1.82, 2.24) is 9.55 Å². The van der Waals surface area contributed by atoms with Gasteiger partial charge in [0.25, 0.3) is 0 Å². The minimum Gasteiger partial charge on any atom is -0.457 e. The van der Waals surface area contributed by atoms with Gasteiger partial charge in [-0.25, -0.2) is 19.2 Å². The highest BCUT2D eigenvalue weighted by atomic mass is 16.5. The van der Waals surface area contributed by atoms with Crippen molar-refractivity contribution in [3.8, 4) is 24.3 Å². The second-order valence-corrected chi connectivity index (χ2v) is 23.7. The van der Waals surface area contributed by atoms with Gasteiger partial charge in [0.2, 0.25) is 0 Å². The number of nitriles is 4. The van der Waals surface area contributed by atoms with E-state index in [2.05, 4.69) is 16.5 Å². The van der Waals surface area contributed by atoms with Crippen molar-refractivity contribution >= 4 is 91.8 Å². The molecular weight excluding hydrogens is 1150 g/mol. The first kappa shape index (κ1) is 66.1. The molecule has 3 heterocycles. The zero-order valence-corrected chi connectivity index (χ0v) is 52.5. The standard InChI is InChI=1S/C78H78N6O8/c1-2-3-4-5-6-7-8-9-10-11-12-13-14-15-16-17-18-19-20-25-38-84-73-36-32-57-41-65(49-81)77(87)91-53-61-28-23-21-26-59(61)51-89-75(85)63(47-79)39-55-30-34-71-67(43-55)68-44-56(31-35-72(68)83-71)40-64(48-80)76(86)90-52-60-27-22-24-29-62(60)54-92-78(88)66(50-82)42-58-33-37-74(84)70(46-58)69(73)45-57/h21-24,26-37,39-46,83H,2-20,25,38,51-54H2,1H3. The number of aromatic amines is 1. The minimum absolute atomic E-state index is 0.242. The number of esters is 4. The van der Waals surface area contributed by atoms with Crippen LogP contribution in [0.2, 0.25) is 0 Å². The van der Waals surface area contributed by atoms with E-state index in [9.17, 15) is 40.2 Å². The van der Waals surface area contributed by atoms with E-state index in [-0.39, 0.29) is 48.7 Å². The fraction of sp³-hybridized carbons (Fsp3) is 0.333. The summed E-state index contributed by atoms with van der Waals surface area (Å²) in [6.45, 7) is 2.03. The molecule has 14 heteroatoms. The fourth-order valence-electron chi connectivity index (χ4n) is 12.0. The van der Waals surface area contributed by atoms with E-state index in [0.717, 1.165) is 69.4 Å². The van der Waals surface area contributed by atoms with E-state index < -0.39 is 23.9 Å². The van der Waals surface area contributed by atoms with Crippen LogP contribution >= 0.6 is 0 Å². The maximum absolute atomic E-state index is 13.7. The lowest BCUT2D eigenvalue weighted by atomic mass is 10.0. The van der Waals surface area contributed by atoms with Gasteiger partial charge < -0.3 is 28.5 Å². The highest BCUT2D eigenvalue weighted by molar-refractivity contribution is 6.11. The quantitative estimate of drug-likeness (QED) is 0.0403. The smallest absolute Gasteiger partial charge is 0.349 e. The van der Waals surface area contributed by atoms with Gasteiger partial charge >= 0.3 is 23.9 Å². The summed E-state index contributed by atoms with van der Waals surface area (Å²) in [5, 5.41) is 44.2. The average molecular weight is 1230 g/mol. The molecule has 468 valence electrons. The van der Waals surface area contributed by atoms with Crippen LogP contribution in [0.15, 0.2) is 144 Å². The predicted molar refractivity (Wildman–Crippen MR) is 360 cm³/mol. The van der Waals surface area contributed by atoms with Crippen molar-refractivity contribution in [3.63, 3.8) is 0 Å². The zero-order chi connectivity index (χ0) is 64.4. The maximum Gasteiger partial charge on any atom is 0.349 e. The summed E-state index contributed by atoms with van der Waals surface area (Å²) in [7, 11) is 0. The Morgan fingerprint density at radius 2 is 0.630 bits per heavy atom. The first-order valence-electron chi connectivity index (χ1n) is 32.5. The molecular formula is C78H78N6O8. The molecule has 1 aliphatic rings. The second-order valence-electron chi connectivity index (χ2n) is 23.7. The number of aromatic nitrogens is 2. The van der Waals surface area contributed by atoms with Crippen LogP contribution in [0, 0.1) is 45.3 Å². The van der Waals surface area contributed by atoms with Crippen LogP contribution < -0.4 is 0 Å². The Kier molecular flexibility index (Phi) is 24.5. The number of unbranched alkanes of at least 4 members (excludes halogenated alkanes) is 19. The Balaban J connectivity index is 0.929. The average Bonchev–Trinajstić information content (AvgIpc) is 1.62. The van der Waals surface area contributed by atoms with Crippen LogP contribution in [-0.2, 0) is 71.1 Å². The van der Waals surface area contributed by atoms with Crippen molar-refractivity contribution in [2.45, 2.75) is 168 Å². The van der Waals surface area contributed by atoms with Crippen molar-refractivity contribution in [3.05, 3.63) is 188 Å². The van der Waals surface area contributed by atoms with Gasteiger partial charge in [-0.1, -0.05) is 202 Å². The van der Waals surface area contributed by atoms with Gasteiger partial charge in [0.1, 0.15) is 73.0 Å². The van der Waals surface area contributed by atoms with E-state index in [0.29, 0.717) is 44.5 Å². The van der Waals surface area contributed by atoms with Crippen LogP contribution in [0.4, 0.5) is 0 Å². The molecule has 0 amide bonds. The zero-order valence-electron chi connectivity index (χ0n) is 52.5. The number of H-pyrrole nitrogens is 1. The number of hydrogen-bond donors (Lipinski definition) is 1. The molecule has 0 radical (unpaired) electrons. The topological polar surface area (TPSA) is 221 Å². The van der Waals surface area contributed by atoms with Gasteiger partial charge in [-0.2, -0.15) is 21.0 Å². The van der Waals surface area contributed by atoms with Gasteiger partial charge in [-0.15, -0.1) is 0 Å². The first-order valence-corrected chi connectivity index (χ1v) is 32.5. The van der Waals surface area contributed by atoms with Gasteiger partial charge in [0.15, 0.2) is 0 Å². The molecule has 8 bridgehead atoms.